The first-order chi connectivity index (χ1) is 11.8. The number of carboxylic acids is 1. The van der Waals surface area contributed by atoms with Crippen LogP contribution in [0.1, 0.15) is 0 Å². The number of furan rings is 3. The summed E-state index contributed by atoms with van der Waals surface area (Å²) in [6.45, 7) is 0. The van der Waals surface area contributed by atoms with Crippen molar-refractivity contribution in [3.63, 3.8) is 0 Å². The van der Waals surface area contributed by atoms with Gasteiger partial charge in [0.2, 0.25) is 0 Å². The molecular formula is C15H10F4NaO5P. The predicted molar refractivity (Wildman–Crippen MR) is 77.9 cm³/mol. The van der Waals surface area contributed by atoms with E-state index in [1.807, 2.05) is 36.4 Å². The second kappa shape index (κ2) is 9.97. The molecule has 3 rings (SSSR count). The molecule has 0 aromatic carbocycles. The van der Waals surface area contributed by atoms with Crippen molar-refractivity contribution in [2.75, 3.05) is 0 Å². The molecular weight excluding hydrogens is 390 g/mol. The van der Waals surface area contributed by atoms with Crippen molar-refractivity contribution < 1.29 is 70.3 Å². The van der Waals surface area contributed by atoms with E-state index in [0.29, 0.717) is 0 Å². The Bertz CT molecular complexity index is 679. The minimum absolute atomic E-state index is 0. The summed E-state index contributed by atoms with van der Waals surface area (Å²) in [7, 11) is -0.835. The van der Waals surface area contributed by atoms with Gasteiger partial charge in [-0.1, -0.05) is 0 Å². The Hall–Kier alpha value is -1.54. The Morgan fingerprint density at radius 1 is 0.923 bits per heavy atom. The summed E-state index contributed by atoms with van der Waals surface area (Å²) in [5.41, 5.74) is 2.62. The van der Waals surface area contributed by atoms with Crippen LogP contribution in [0.25, 0.3) is 0 Å². The Morgan fingerprint density at radius 3 is 1.42 bits per heavy atom. The molecule has 0 fully saturated rings. The van der Waals surface area contributed by atoms with E-state index in [1.165, 1.54) is 0 Å². The first-order valence-corrected chi connectivity index (χ1v) is 7.96. The maximum Gasteiger partial charge on any atom is 1.00 e. The minimum Gasteiger partial charge on any atom is -0.544 e. The van der Waals surface area contributed by atoms with Crippen LogP contribution in [0.3, 0.4) is 0 Å². The molecule has 5 nitrogen and oxygen atoms in total. The quantitative estimate of drug-likeness (QED) is 0.308. The summed E-state index contributed by atoms with van der Waals surface area (Å²) in [5, 5.41) is 9.12. The van der Waals surface area contributed by atoms with Crippen molar-refractivity contribution in [1.29, 1.82) is 0 Å². The Labute approximate surface area is 168 Å². The summed E-state index contributed by atoms with van der Waals surface area (Å²) in [6, 6.07) is 11.4. The molecule has 0 saturated carbocycles. The van der Waals surface area contributed by atoms with E-state index in [0.717, 1.165) is 16.5 Å². The minimum atomic E-state index is -5.03. The Kier molecular flexibility index (Phi) is 8.62. The van der Waals surface area contributed by atoms with E-state index in [1.54, 1.807) is 18.8 Å². The van der Waals surface area contributed by atoms with Gasteiger partial charge in [-0.05, 0) is 36.4 Å². The van der Waals surface area contributed by atoms with Gasteiger partial charge in [-0.3, -0.25) is 0 Å². The number of alkyl halides is 4. The molecule has 3 heterocycles. The van der Waals surface area contributed by atoms with Crippen LogP contribution in [0.15, 0.2) is 68.4 Å². The third kappa shape index (κ3) is 5.48. The van der Waals surface area contributed by atoms with E-state index >= 15 is 0 Å². The molecule has 0 bridgehead atoms. The average Bonchev–Trinajstić information content (AvgIpc) is 3.33. The van der Waals surface area contributed by atoms with Crippen LogP contribution < -0.4 is 51.2 Å². The van der Waals surface area contributed by atoms with Gasteiger partial charge >= 0.3 is 41.9 Å². The monoisotopic (exact) mass is 400 g/mol. The molecule has 0 aliphatic carbocycles. The molecule has 134 valence electrons. The van der Waals surface area contributed by atoms with Crippen molar-refractivity contribution in [3.05, 3.63) is 55.2 Å². The van der Waals surface area contributed by atoms with Gasteiger partial charge in [0.25, 0.3) is 0 Å². The molecule has 26 heavy (non-hydrogen) atoms. The Morgan fingerprint density at radius 2 is 1.27 bits per heavy atom. The molecule has 11 heteroatoms. The molecule has 0 aliphatic heterocycles. The van der Waals surface area contributed by atoms with Crippen LogP contribution in [0, 0.1) is 0 Å². The van der Waals surface area contributed by atoms with Gasteiger partial charge in [0.15, 0.2) is 0 Å². The van der Waals surface area contributed by atoms with Crippen LogP contribution in [0.5, 0.6) is 0 Å². The van der Waals surface area contributed by atoms with E-state index in [4.69, 9.17) is 23.2 Å². The molecule has 0 radical (unpaired) electrons. The molecule has 0 amide bonds. The SMILES string of the molecule is O=C([O-])C(F)(F)C(F)F.[Na+].c1coc(P(c2ccco2)c2ccco2)c1. The van der Waals surface area contributed by atoms with Crippen LogP contribution in [0.2, 0.25) is 0 Å². The van der Waals surface area contributed by atoms with Crippen molar-refractivity contribution in [2.45, 2.75) is 12.3 Å². The molecule has 0 spiro atoms. The van der Waals surface area contributed by atoms with Gasteiger partial charge in [-0.25, -0.2) is 8.78 Å². The van der Waals surface area contributed by atoms with Crippen molar-refractivity contribution in [2.24, 2.45) is 0 Å². The van der Waals surface area contributed by atoms with Crippen LogP contribution in [-0.4, -0.2) is 18.3 Å². The molecule has 0 unspecified atom stereocenters. The number of hydrogen-bond acceptors (Lipinski definition) is 5. The molecule has 0 aliphatic rings. The fraction of sp³-hybridized carbons (Fsp3) is 0.133. The van der Waals surface area contributed by atoms with Crippen molar-refractivity contribution in [3.8, 4) is 0 Å². The second-order valence-electron chi connectivity index (χ2n) is 4.40. The van der Waals surface area contributed by atoms with Gasteiger partial charge < -0.3 is 23.2 Å². The van der Waals surface area contributed by atoms with E-state index in [9.17, 15) is 17.6 Å². The number of carbonyl (C=O) groups excluding carboxylic acids is 1. The number of hydrogen-bond donors (Lipinski definition) is 0. The van der Waals surface area contributed by atoms with Crippen LogP contribution in [-0.2, 0) is 4.79 Å². The molecule has 0 saturated heterocycles. The van der Waals surface area contributed by atoms with Gasteiger partial charge in [0, 0.05) is 0 Å². The zero-order valence-electron chi connectivity index (χ0n) is 13.3. The maximum absolute atomic E-state index is 11.3. The van der Waals surface area contributed by atoms with Gasteiger partial charge in [0.05, 0.1) is 18.8 Å². The summed E-state index contributed by atoms with van der Waals surface area (Å²) in [4.78, 5) is 9.12. The topological polar surface area (TPSA) is 79.5 Å². The largest absolute Gasteiger partial charge is 1.00 e. The number of carboxylic acid groups (broad SMARTS) is 1. The fourth-order valence-corrected chi connectivity index (χ4v) is 3.46. The molecule has 3 aromatic rings. The molecule has 0 atom stereocenters. The third-order valence-corrected chi connectivity index (χ3v) is 4.81. The number of rotatable bonds is 5. The van der Waals surface area contributed by atoms with E-state index < -0.39 is 26.2 Å². The van der Waals surface area contributed by atoms with E-state index in [-0.39, 0.29) is 29.6 Å². The fourth-order valence-electron chi connectivity index (χ4n) is 1.61. The number of aliphatic carboxylic acids is 1. The predicted octanol–water partition coefficient (Wildman–Crippen LogP) is -1.14. The summed E-state index contributed by atoms with van der Waals surface area (Å²) < 4.78 is 60.7. The van der Waals surface area contributed by atoms with Crippen molar-refractivity contribution in [1.82, 2.24) is 0 Å². The zero-order valence-corrected chi connectivity index (χ0v) is 16.2. The zero-order chi connectivity index (χ0) is 18.4. The maximum atomic E-state index is 11.3. The van der Waals surface area contributed by atoms with Crippen LogP contribution >= 0.6 is 7.92 Å². The Balaban J connectivity index is 0.000000295. The number of carbonyl (C=O) groups is 1. The second-order valence-corrected chi connectivity index (χ2v) is 6.39. The molecule has 3 aromatic heterocycles. The van der Waals surface area contributed by atoms with Gasteiger partial charge in [0.1, 0.15) is 30.4 Å². The van der Waals surface area contributed by atoms with Gasteiger partial charge in [-0.15, -0.1) is 0 Å². The average molecular weight is 400 g/mol. The van der Waals surface area contributed by atoms with Gasteiger partial charge in [-0.2, -0.15) is 8.78 Å². The summed E-state index contributed by atoms with van der Waals surface area (Å²) >= 11 is 0. The third-order valence-electron chi connectivity index (χ3n) is 2.73. The van der Waals surface area contributed by atoms with Crippen LogP contribution in [0.4, 0.5) is 17.6 Å². The first kappa shape index (κ1) is 22.5. The van der Waals surface area contributed by atoms with E-state index in [2.05, 4.69) is 0 Å². The first-order valence-electron chi connectivity index (χ1n) is 6.62. The standard InChI is InChI=1S/C12H9O3P.C3H2F4O2.Na/c1-4-10(13-7-1)16(11-5-2-8-14-11)12-6-3-9-15-12;4-1(5)3(6,7)2(8)9;/h1-9H;1H,(H,8,9);/q;;+1/p-1. The summed E-state index contributed by atoms with van der Waals surface area (Å²) in [5.74, 6) is -8.09. The number of halogens is 4. The summed E-state index contributed by atoms with van der Waals surface area (Å²) in [6.07, 6.45) is 0.784. The normalized spacial score (nSPS) is 11.0. The smallest absolute Gasteiger partial charge is 0.544 e. The molecule has 0 N–H and O–H groups in total. The van der Waals surface area contributed by atoms with Crippen molar-refractivity contribution >= 4 is 30.4 Å².